The topological polar surface area (TPSA) is 96.9 Å². The molecule has 3 heterocycles. The van der Waals surface area contributed by atoms with Gasteiger partial charge in [-0.25, -0.2) is 9.97 Å². The van der Waals surface area contributed by atoms with Crippen molar-refractivity contribution in [2.45, 2.75) is 38.5 Å². The fraction of sp³-hybridized carbons (Fsp3) is 0.194. The number of ketones is 1. The lowest BCUT2D eigenvalue weighted by molar-refractivity contribution is -0.116. The first-order valence-corrected chi connectivity index (χ1v) is 12.7. The van der Waals surface area contributed by atoms with Crippen molar-refractivity contribution in [3.63, 3.8) is 0 Å². The Morgan fingerprint density at radius 1 is 0.947 bits per heavy atom. The average molecular weight is 502 g/mol. The van der Waals surface area contributed by atoms with E-state index in [0.717, 1.165) is 22.3 Å². The summed E-state index contributed by atoms with van der Waals surface area (Å²) in [5, 5.41) is 6.36. The number of allylic oxidation sites excluding steroid dienone is 3. The van der Waals surface area contributed by atoms with Crippen molar-refractivity contribution < 1.29 is 9.59 Å². The molecule has 188 valence electrons. The lowest BCUT2D eigenvalue weighted by Crippen LogP contribution is -2.37. The number of aromatic nitrogens is 3. The third kappa shape index (κ3) is 4.36. The lowest BCUT2D eigenvalue weighted by Gasteiger charge is -2.36. The minimum atomic E-state index is -0.641. The number of carbonyl (C=O) groups excluding carboxylic acids is 2. The Kier molecular flexibility index (Phi) is 6.04. The predicted molar refractivity (Wildman–Crippen MR) is 146 cm³/mol. The standard InChI is InChI=1S/C31H27N5O2/c1-18-12-13-32-27(14-18)36-31(38)28-19(2)34-24-15-21(20-8-4-3-5-9-20)16-26(37)29(24)30(28)25-17-33-22-10-6-7-11-23(22)35-25/h3-14,17,21,30,34H,15-16H2,1-2H3,(H,32,36,38)/t21-,30-/m1/s1. The van der Waals surface area contributed by atoms with Crippen LogP contribution in [0.2, 0.25) is 0 Å². The molecule has 7 nitrogen and oxygen atoms in total. The zero-order valence-electron chi connectivity index (χ0n) is 21.2. The highest BCUT2D eigenvalue weighted by Crippen LogP contribution is 2.45. The third-order valence-corrected chi connectivity index (χ3v) is 7.26. The largest absolute Gasteiger partial charge is 0.362 e. The summed E-state index contributed by atoms with van der Waals surface area (Å²) in [6.45, 7) is 3.82. The minimum absolute atomic E-state index is 0.0130. The molecule has 2 aromatic carbocycles. The van der Waals surface area contributed by atoms with Crippen LogP contribution in [-0.4, -0.2) is 26.6 Å². The number of Topliss-reactive ketones (excluding diaryl/α,β-unsaturated/α-hetero) is 1. The highest BCUT2D eigenvalue weighted by molar-refractivity contribution is 6.09. The van der Waals surface area contributed by atoms with Gasteiger partial charge in [0, 0.05) is 35.2 Å². The molecule has 2 aromatic heterocycles. The summed E-state index contributed by atoms with van der Waals surface area (Å²) in [7, 11) is 0. The van der Waals surface area contributed by atoms with Crippen LogP contribution in [-0.2, 0) is 9.59 Å². The molecule has 7 heteroatoms. The van der Waals surface area contributed by atoms with Crippen molar-refractivity contribution in [1.29, 1.82) is 0 Å². The molecule has 0 saturated carbocycles. The van der Waals surface area contributed by atoms with Crippen LogP contribution in [0.1, 0.15) is 48.4 Å². The summed E-state index contributed by atoms with van der Waals surface area (Å²) in [5.41, 5.74) is 6.74. The number of pyridine rings is 1. The molecule has 1 aliphatic heterocycles. The number of anilines is 1. The molecule has 4 aromatic rings. The first kappa shape index (κ1) is 23.7. The van der Waals surface area contributed by atoms with E-state index in [1.54, 1.807) is 12.4 Å². The van der Waals surface area contributed by atoms with Gasteiger partial charge in [0.25, 0.3) is 5.91 Å². The molecule has 38 heavy (non-hydrogen) atoms. The zero-order valence-corrected chi connectivity index (χ0v) is 21.2. The maximum Gasteiger partial charge on any atom is 0.255 e. The third-order valence-electron chi connectivity index (χ3n) is 7.26. The Labute approximate surface area is 220 Å². The highest BCUT2D eigenvalue weighted by Gasteiger charge is 2.41. The van der Waals surface area contributed by atoms with E-state index in [0.29, 0.717) is 46.7 Å². The van der Waals surface area contributed by atoms with Gasteiger partial charge in [-0.3, -0.25) is 14.6 Å². The molecule has 0 unspecified atom stereocenters. The number of benzene rings is 2. The molecule has 6 rings (SSSR count). The van der Waals surface area contributed by atoms with Crippen molar-refractivity contribution in [2.24, 2.45) is 0 Å². The maximum absolute atomic E-state index is 13.8. The number of dihydropyridines is 1. The second-order valence-electron chi connectivity index (χ2n) is 9.88. The Bertz CT molecular complexity index is 1640. The SMILES string of the molecule is CC1=C(C(=O)Nc2cc(C)ccn2)[C@@H](c2cnc3ccccc3n2)C2=C(C[C@@H](c3ccccc3)CC2=O)N1. The summed E-state index contributed by atoms with van der Waals surface area (Å²) in [6, 6.07) is 21.4. The van der Waals surface area contributed by atoms with Crippen LogP contribution in [0.15, 0.2) is 102 Å². The molecule has 0 bridgehead atoms. The maximum atomic E-state index is 13.8. The first-order chi connectivity index (χ1) is 18.5. The quantitative estimate of drug-likeness (QED) is 0.392. The van der Waals surface area contributed by atoms with Gasteiger partial charge in [-0.15, -0.1) is 0 Å². The van der Waals surface area contributed by atoms with Crippen LogP contribution in [0.5, 0.6) is 0 Å². The van der Waals surface area contributed by atoms with Crippen LogP contribution in [0, 0.1) is 6.92 Å². The number of rotatable bonds is 4. The van der Waals surface area contributed by atoms with E-state index < -0.39 is 5.92 Å². The number of nitrogens with zero attached hydrogens (tertiary/aromatic N) is 3. The summed E-state index contributed by atoms with van der Waals surface area (Å²) >= 11 is 0. The summed E-state index contributed by atoms with van der Waals surface area (Å²) < 4.78 is 0. The van der Waals surface area contributed by atoms with Crippen molar-refractivity contribution in [3.05, 3.63) is 118 Å². The molecular formula is C31H27N5O2. The van der Waals surface area contributed by atoms with Gasteiger partial charge in [0.1, 0.15) is 5.82 Å². The van der Waals surface area contributed by atoms with E-state index in [4.69, 9.17) is 4.98 Å². The number of hydrogen-bond donors (Lipinski definition) is 2. The van der Waals surface area contributed by atoms with E-state index in [1.165, 1.54) is 0 Å². The van der Waals surface area contributed by atoms with Gasteiger partial charge in [-0.05, 0) is 61.6 Å². The Morgan fingerprint density at radius 2 is 1.71 bits per heavy atom. The normalized spacial score (nSPS) is 19.3. The first-order valence-electron chi connectivity index (χ1n) is 12.7. The van der Waals surface area contributed by atoms with Gasteiger partial charge in [-0.2, -0.15) is 0 Å². The van der Waals surface area contributed by atoms with E-state index in [-0.39, 0.29) is 17.6 Å². The monoisotopic (exact) mass is 501 g/mol. The van der Waals surface area contributed by atoms with Crippen LogP contribution in [0.3, 0.4) is 0 Å². The van der Waals surface area contributed by atoms with Crippen LogP contribution >= 0.6 is 0 Å². The molecule has 1 aliphatic carbocycles. The Morgan fingerprint density at radius 3 is 2.50 bits per heavy atom. The summed E-state index contributed by atoms with van der Waals surface area (Å²) in [6.07, 6.45) is 4.39. The van der Waals surface area contributed by atoms with Crippen molar-refractivity contribution in [2.75, 3.05) is 5.32 Å². The Balaban J connectivity index is 1.45. The lowest BCUT2D eigenvalue weighted by atomic mass is 9.72. The van der Waals surface area contributed by atoms with Crippen LogP contribution in [0.25, 0.3) is 11.0 Å². The van der Waals surface area contributed by atoms with E-state index in [2.05, 4.69) is 32.7 Å². The van der Waals surface area contributed by atoms with Crippen molar-refractivity contribution in [3.8, 4) is 0 Å². The summed E-state index contributed by atoms with van der Waals surface area (Å²) in [5.74, 6) is -0.426. The second kappa shape index (κ2) is 9.67. The molecule has 2 aliphatic rings. The molecule has 1 amide bonds. The van der Waals surface area contributed by atoms with E-state index >= 15 is 0 Å². The second-order valence-corrected chi connectivity index (χ2v) is 9.88. The van der Waals surface area contributed by atoms with Crippen molar-refractivity contribution >= 4 is 28.5 Å². The Hall–Kier alpha value is -4.65. The van der Waals surface area contributed by atoms with Gasteiger partial charge >= 0.3 is 0 Å². The van der Waals surface area contributed by atoms with E-state index in [9.17, 15) is 9.59 Å². The molecular weight excluding hydrogens is 474 g/mol. The van der Waals surface area contributed by atoms with Gasteiger partial charge < -0.3 is 10.6 Å². The molecule has 2 atom stereocenters. The number of fused-ring (bicyclic) bond motifs is 1. The minimum Gasteiger partial charge on any atom is -0.362 e. The highest BCUT2D eigenvalue weighted by atomic mass is 16.2. The molecule has 2 N–H and O–H groups in total. The van der Waals surface area contributed by atoms with Gasteiger partial charge in [0.05, 0.1) is 28.8 Å². The van der Waals surface area contributed by atoms with Crippen LogP contribution < -0.4 is 10.6 Å². The molecule has 0 spiro atoms. The van der Waals surface area contributed by atoms with Crippen molar-refractivity contribution in [1.82, 2.24) is 20.3 Å². The number of carbonyl (C=O) groups is 2. The van der Waals surface area contributed by atoms with Gasteiger partial charge in [0.2, 0.25) is 0 Å². The number of hydrogen-bond acceptors (Lipinski definition) is 6. The number of aryl methyl sites for hydroxylation is 1. The smallest absolute Gasteiger partial charge is 0.255 e. The fourth-order valence-electron chi connectivity index (χ4n) is 5.50. The number of amides is 1. The molecule has 0 fully saturated rings. The van der Waals surface area contributed by atoms with Crippen LogP contribution in [0.4, 0.5) is 5.82 Å². The molecule has 0 saturated heterocycles. The fourth-order valence-corrected chi connectivity index (χ4v) is 5.50. The molecule has 0 radical (unpaired) electrons. The van der Waals surface area contributed by atoms with Gasteiger partial charge in [0.15, 0.2) is 5.78 Å². The van der Waals surface area contributed by atoms with Gasteiger partial charge in [-0.1, -0.05) is 42.5 Å². The predicted octanol–water partition coefficient (Wildman–Crippen LogP) is 5.33. The van der Waals surface area contributed by atoms with E-state index in [1.807, 2.05) is 68.4 Å². The number of para-hydroxylation sites is 2. The summed E-state index contributed by atoms with van der Waals surface area (Å²) in [4.78, 5) is 41.4. The zero-order chi connectivity index (χ0) is 26.2. The average Bonchev–Trinajstić information content (AvgIpc) is 2.92. The number of nitrogens with one attached hydrogen (secondary N) is 2.